The molecule has 0 unspecified atom stereocenters. The van der Waals surface area contributed by atoms with E-state index in [1.54, 1.807) is 6.20 Å². The maximum Gasteiger partial charge on any atom is 0.0726 e. The molecule has 0 saturated carbocycles. The average molecular weight is 252 g/mol. The van der Waals surface area contributed by atoms with E-state index in [0.29, 0.717) is 0 Å². The number of nitrogens with zero attached hydrogens (tertiary/aromatic N) is 1. The maximum absolute atomic E-state index is 3.86. The van der Waals surface area contributed by atoms with Crippen molar-refractivity contribution in [3.8, 4) is 0 Å². The molecule has 0 spiro atoms. The monoisotopic (exact) mass is 251 g/mol. The molecular formula is C10H10BrN3. The Bertz CT molecular complexity index is 398. The van der Waals surface area contributed by atoms with E-state index in [2.05, 4.69) is 43.6 Å². The van der Waals surface area contributed by atoms with Crippen molar-refractivity contribution in [3.05, 3.63) is 46.7 Å². The van der Waals surface area contributed by atoms with Crippen LogP contribution < -0.4 is 5.32 Å². The Morgan fingerprint density at radius 1 is 1.43 bits per heavy atom. The quantitative estimate of drug-likeness (QED) is 0.881. The summed E-state index contributed by atoms with van der Waals surface area (Å²) in [5.74, 6) is 0. The van der Waals surface area contributed by atoms with Crippen LogP contribution in [0, 0.1) is 0 Å². The van der Waals surface area contributed by atoms with Gasteiger partial charge in [-0.05, 0) is 17.7 Å². The van der Waals surface area contributed by atoms with Crippen LogP contribution in [0.4, 0.5) is 5.69 Å². The zero-order valence-corrected chi connectivity index (χ0v) is 9.08. The van der Waals surface area contributed by atoms with E-state index in [4.69, 9.17) is 0 Å². The number of rotatable bonds is 3. The van der Waals surface area contributed by atoms with Crippen LogP contribution in [0.3, 0.4) is 0 Å². The summed E-state index contributed by atoms with van der Waals surface area (Å²) in [7, 11) is 0. The molecule has 0 aliphatic rings. The minimum absolute atomic E-state index is 0.805. The summed E-state index contributed by atoms with van der Waals surface area (Å²) >= 11 is 3.43. The van der Waals surface area contributed by atoms with Gasteiger partial charge in [-0.3, -0.25) is 5.10 Å². The summed E-state index contributed by atoms with van der Waals surface area (Å²) in [5, 5.41) is 9.86. The van der Waals surface area contributed by atoms with Crippen LogP contribution in [-0.2, 0) is 6.54 Å². The number of aromatic nitrogens is 2. The van der Waals surface area contributed by atoms with Gasteiger partial charge in [-0.25, -0.2) is 0 Å². The third-order valence-corrected chi connectivity index (χ3v) is 2.38. The smallest absolute Gasteiger partial charge is 0.0726 e. The Labute approximate surface area is 90.7 Å². The lowest BCUT2D eigenvalue weighted by molar-refractivity contribution is 1.09. The van der Waals surface area contributed by atoms with Crippen molar-refractivity contribution < 1.29 is 0 Å². The van der Waals surface area contributed by atoms with Crippen molar-refractivity contribution in [2.45, 2.75) is 6.54 Å². The van der Waals surface area contributed by atoms with Gasteiger partial charge in [0.1, 0.15) is 0 Å². The molecule has 0 aliphatic carbocycles. The highest BCUT2D eigenvalue weighted by Crippen LogP contribution is 2.13. The van der Waals surface area contributed by atoms with E-state index in [9.17, 15) is 0 Å². The summed E-state index contributed by atoms with van der Waals surface area (Å²) in [4.78, 5) is 0. The summed E-state index contributed by atoms with van der Waals surface area (Å²) < 4.78 is 1.10. The largest absolute Gasteiger partial charge is 0.378 e. The molecule has 14 heavy (non-hydrogen) atoms. The summed E-state index contributed by atoms with van der Waals surface area (Å²) in [6, 6.07) is 8.21. The first kappa shape index (κ1) is 9.27. The third kappa shape index (κ3) is 2.35. The highest BCUT2D eigenvalue weighted by atomic mass is 79.9. The van der Waals surface area contributed by atoms with Gasteiger partial charge >= 0.3 is 0 Å². The molecular weight excluding hydrogens is 242 g/mol. The van der Waals surface area contributed by atoms with Gasteiger partial charge in [0.15, 0.2) is 0 Å². The highest BCUT2D eigenvalue weighted by molar-refractivity contribution is 9.10. The number of H-pyrrole nitrogens is 1. The van der Waals surface area contributed by atoms with Crippen molar-refractivity contribution in [2.24, 2.45) is 0 Å². The lowest BCUT2D eigenvalue weighted by Crippen LogP contribution is -1.97. The van der Waals surface area contributed by atoms with Crippen LogP contribution in [0.25, 0.3) is 0 Å². The number of nitrogens with one attached hydrogen (secondary N) is 2. The molecule has 0 bridgehead atoms. The van der Waals surface area contributed by atoms with E-state index in [1.165, 1.54) is 5.56 Å². The van der Waals surface area contributed by atoms with Crippen LogP contribution >= 0.6 is 15.9 Å². The molecule has 2 N–H and O–H groups in total. The molecule has 4 heteroatoms. The van der Waals surface area contributed by atoms with Gasteiger partial charge in [-0.2, -0.15) is 5.10 Å². The minimum Gasteiger partial charge on any atom is -0.378 e. The van der Waals surface area contributed by atoms with E-state index in [1.807, 2.05) is 18.3 Å². The van der Waals surface area contributed by atoms with Crippen molar-refractivity contribution in [3.63, 3.8) is 0 Å². The second-order valence-electron chi connectivity index (χ2n) is 2.97. The Morgan fingerprint density at radius 2 is 2.36 bits per heavy atom. The molecule has 2 rings (SSSR count). The topological polar surface area (TPSA) is 40.7 Å². The van der Waals surface area contributed by atoms with Crippen molar-refractivity contribution in [1.82, 2.24) is 10.2 Å². The highest BCUT2D eigenvalue weighted by Gasteiger charge is 1.95. The molecule has 1 aromatic carbocycles. The van der Waals surface area contributed by atoms with E-state index < -0.39 is 0 Å². The fourth-order valence-corrected chi connectivity index (χ4v) is 1.65. The van der Waals surface area contributed by atoms with Crippen LogP contribution in [0.5, 0.6) is 0 Å². The van der Waals surface area contributed by atoms with Gasteiger partial charge in [0.25, 0.3) is 0 Å². The van der Waals surface area contributed by atoms with E-state index in [0.717, 1.165) is 16.7 Å². The predicted molar refractivity (Wildman–Crippen MR) is 60.1 cm³/mol. The molecule has 0 amide bonds. The number of benzene rings is 1. The van der Waals surface area contributed by atoms with Gasteiger partial charge in [0, 0.05) is 17.2 Å². The number of aromatic amines is 1. The van der Waals surface area contributed by atoms with Crippen LogP contribution in [0.1, 0.15) is 5.56 Å². The molecule has 0 radical (unpaired) electrons. The molecule has 1 aromatic heterocycles. The van der Waals surface area contributed by atoms with Crippen LogP contribution in [-0.4, -0.2) is 10.2 Å². The molecule has 72 valence electrons. The lowest BCUT2D eigenvalue weighted by atomic mass is 10.2. The number of halogens is 1. The second kappa shape index (κ2) is 4.28. The summed E-state index contributed by atoms with van der Waals surface area (Å²) in [5.41, 5.74) is 2.24. The number of hydrogen-bond donors (Lipinski definition) is 2. The van der Waals surface area contributed by atoms with E-state index in [-0.39, 0.29) is 0 Å². The Balaban J connectivity index is 1.98. The van der Waals surface area contributed by atoms with Crippen LogP contribution in [0.15, 0.2) is 41.1 Å². The standard InChI is InChI=1S/C10H10BrN3/c11-9-3-1-2-8(4-9)5-12-10-6-13-14-7-10/h1-4,6-7,12H,5H2,(H,13,14). The van der Waals surface area contributed by atoms with E-state index >= 15 is 0 Å². The van der Waals surface area contributed by atoms with Gasteiger partial charge in [-0.1, -0.05) is 28.1 Å². The van der Waals surface area contributed by atoms with Crippen molar-refractivity contribution >= 4 is 21.6 Å². The maximum atomic E-state index is 3.86. The zero-order valence-electron chi connectivity index (χ0n) is 7.50. The van der Waals surface area contributed by atoms with Gasteiger partial charge in [0.2, 0.25) is 0 Å². The Morgan fingerprint density at radius 3 is 3.07 bits per heavy atom. The first-order valence-corrected chi connectivity index (χ1v) is 5.11. The molecule has 3 nitrogen and oxygen atoms in total. The predicted octanol–water partition coefficient (Wildman–Crippen LogP) is 2.78. The molecule has 0 saturated heterocycles. The fourth-order valence-electron chi connectivity index (χ4n) is 1.20. The molecule has 2 aromatic rings. The van der Waals surface area contributed by atoms with Crippen molar-refractivity contribution in [1.29, 1.82) is 0 Å². The first-order chi connectivity index (χ1) is 6.84. The Hall–Kier alpha value is -1.29. The number of anilines is 1. The zero-order chi connectivity index (χ0) is 9.80. The Kier molecular flexibility index (Phi) is 2.84. The lowest BCUT2D eigenvalue weighted by Gasteiger charge is -2.03. The third-order valence-electron chi connectivity index (χ3n) is 1.88. The average Bonchev–Trinajstić information content (AvgIpc) is 2.67. The first-order valence-electron chi connectivity index (χ1n) is 4.32. The SMILES string of the molecule is Brc1cccc(CNc2cn[nH]c2)c1. The van der Waals surface area contributed by atoms with Gasteiger partial charge < -0.3 is 5.32 Å². The molecule has 0 atom stereocenters. The second-order valence-corrected chi connectivity index (χ2v) is 3.89. The normalized spacial score (nSPS) is 10.1. The van der Waals surface area contributed by atoms with Gasteiger partial charge in [0.05, 0.1) is 11.9 Å². The summed E-state index contributed by atoms with van der Waals surface area (Å²) in [6.45, 7) is 0.805. The summed E-state index contributed by atoms with van der Waals surface area (Å²) in [6.07, 6.45) is 3.59. The fraction of sp³-hybridized carbons (Fsp3) is 0.100. The minimum atomic E-state index is 0.805. The molecule has 1 heterocycles. The number of hydrogen-bond acceptors (Lipinski definition) is 2. The van der Waals surface area contributed by atoms with Gasteiger partial charge in [-0.15, -0.1) is 0 Å². The molecule has 0 fully saturated rings. The molecule has 0 aliphatic heterocycles. The van der Waals surface area contributed by atoms with Crippen molar-refractivity contribution in [2.75, 3.05) is 5.32 Å². The van der Waals surface area contributed by atoms with Crippen LogP contribution in [0.2, 0.25) is 0 Å².